The maximum absolute atomic E-state index is 12.3. The van der Waals surface area contributed by atoms with Crippen LogP contribution in [0.4, 0.5) is 4.79 Å². The van der Waals surface area contributed by atoms with Crippen LogP contribution < -0.4 is 5.32 Å². The molecule has 1 saturated carbocycles. The summed E-state index contributed by atoms with van der Waals surface area (Å²) in [4.78, 5) is 24.9. The van der Waals surface area contributed by atoms with Crippen molar-refractivity contribution in [3.63, 3.8) is 0 Å². The van der Waals surface area contributed by atoms with E-state index < -0.39 is 11.9 Å². The lowest BCUT2D eigenvalue weighted by molar-refractivity contribution is -0.141. The van der Waals surface area contributed by atoms with Crippen LogP contribution in [0, 0.1) is 5.92 Å². The van der Waals surface area contributed by atoms with Gasteiger partial charge < -0.3 is 15.3 Å². The molecule has 0 aromatic heterocycles. The summed E-state index contributed by atoms with van der Waals surface area (Å²) in [5.41, 5.74) is 1.29. The highest BCUT2D eigenvalue weighted by Crippen LogP contribution is 2.43. The Kier molecular flexibility index (Phi) is 4.62. The molecule has 2 amide bonds. The highest BCUT2D eigenvalue weighted by atomic mass is 79.9. The Bertz CT molecular complexity index is 598. The molecule has 2 aliphatic rings. The molecule has 1 aliphatic heterocycles. The number of nitrogens with one attached hydrogen (secondary N) is 1. The van der Waals surface area contributed by atoms with Crippen molar-refractivity contribution in [3.8, 4) is 0 Å². The van der Waals surface area contributed by atoms with E-state index in [0.717, 1.165) is 17.3 Å². The first-order valence-corrected chi connectivity index (χ1v) is 8.81. The number of halogens is 1. The fourth-order valence-corrected chi connectivity index (χ4v) is 3.74. The van der Waals surface area contributed by atoms with Crippen molar-refractivity contribution >= 4 is 27.9 Å². The normalized spacial score (nSPS) is 22.5. The number of carboxylic acid groups (broad SMARTS) is 1. The smallest absolute Gasteiger partial charge is 0.317 e. The van der Waals surface area contributed by atoms with Crippen LogP contribution in [-0.2, 0) is 10.2 Å². The second-order valence-corrected chi connectivity index (χ2v) is 7.49. The Labute approximate surface area is 144 Å². The number of aliphatic carboxylic acids is 1. The van der Waals surface area contributed by atoms with E-state index in [0.29, 0.717) is 26.1 Å². The van der Waals surface area contributed by atoms with E-state index in [1.807, 2.05) is 12.1 Å². The van der Waals surface area contributed by atoms with Gasteiger partial charge in [-0.15, -0.1) is 0 Å². The van der Waals surface area contributed by atoms with E-state index in [-0.39, 0.29) is 11.4 Å². The highest BCUT2D eigenvalue weighted by molar-refractivity contribution is 9.10. The lowest BCUT2D eigenvalue weighted by atomic mass is 9.64. The number of benzene rings is 1. The Hall–Kier alpha value is -1.56. The van der Waals surface area contributed by atoms with Crippen molar-refractivity contribution in [1.82, 2.24) is 10.2 Å². The van der Waals surface area contributed by atoms with E-state index in [1.165, 1.54) is 12.0 Å². The predicted molar refractivity (Wildman–Crippen MR) is 90.4 cm³/mol. The zero-order valence-electron chi connectivity index (χ0n) is 12.9. The number of rotatable bonds is 4. The molecule has 2 fully saturated rings. The first-order chi connectivity index (χ1) is 11.0. The first-order valence-electron chi connectivity index (χ1n) is 8.02. The molecule has 3 rings (SSSR count). The summed E-state index contributed by atoms with van der Waals surface area (Å²) < 4.78 is 1.05. The van der Waals surface area contributed by atoms with Crippen molar-refractivity contribution in [2.45, 2.75) is 31.1 Å². The number of carbonyl (C=O) groups excluding carboxylic acids is 1. The minimum absolute atomic E-state index is 0.0300. The van der Waals surface area contributed by atoms with Gasteiger partial charge in [-0.3, -0.25) is 4.79 Å². The number of carboxylic acids is 1. The molecule has 1 saturated heterocycles. The molecule has 0 bridgehead atoms. The fraction of sp³-hybridized carbons (Fsp3) is 0.529. The second kappa shape index (κ2) is 6.51. The third-order valence-corrected chi connectivity index (χ3v) is 5.70. The number of hydrogen-bond donors (Lipinski definition) is 2. The van der Waals surface area contributed by atoms with Crippen molar-refractivity contribution in [2.75, 3.05) is 19.6 Å². The monoisotopic (exact) mass is 380 g/mol. The van der Waals surface area contributed by atoms with Gasteiger partial charge in [-0.05, 0) is 37.0 Å². The van der Waals surface area contributed by atoms with Gasteiger partial charge in [-0.25, -0.2) is 4.79 Å². The number of carbonyl (C=O) groups is 2. The summed E-state index contributed by atoms with van der Waals surface area (Å²) in [7, 11) is 0. The molecule has 5 nitrogen and oxygen atoms in total. The van der Waals surface area contributed by atoms with Crippen molar-refractivity contribution in [2.24, 2.45) is 5.92 Å². The van der Waals surface area contributed by atoms with E-state index in [4.69, 9.17) is 5.11 Å². The molecule has 1 atom stereocenters. The third-order valence-electron chi connectivity index (χ3n) is 5.17. The lowest BCUT2D eigenvalue weighted by Crippen LogP contribution is -2.49. The standard InChI is InChI=1S/C17H21BrN2O3/c18-14-4-2-13(3-5-14)17(7-1-8-17)11-19-16(23)20-9-6-12(10-20)15(21)22/h2-5,12H,1,6-11H2,(H,19,23)(H,21,22). The molecule has 0 spiro atoms. The zero-order valence-corrected chi connectivity index (χ0v) is 14.5. The van der Waals surface area contributed by atoms with Gasteiger partial charge in [-0.2, -0.15) is 0 Å². The van der Waals surface area contributed by atoms with Crippen molar-refractivity contribution in [1.29, 1.82) is 0 Å². The molecule has 124 valence electrons. The number of nitrogens with zero attached hydrogens (tertiary/aromatic N) is 1. The van der Waals surface area contributed by atoms with Gasteiger partial charge in [0.25, 0.3) is 0 Å². The number of likely N-dealkylation sites (tertiary alicyclic amines) is 1. The highest BCUT2D eigenvalue weighted by Gasteiger charge is 2.39. The Balaban J connectivity index is 1.59. The largest absolute Gasteiger partial charge is 0.481 e. The minimum atomic E-state index is -0.814. The van der Waals surface area contributed by atoms with Crippen LogP contribution in [0.15, 0.2) is 28.7 Å². The molecule has 1 aliphatic carbocycles. The molecule has 0 radical (unpaired) electrons. The van der Waals surface area contributed by atoms with E-state index >= 15 is 0 Å². The minimum Gasteiger partial charge on any atom is -0.481 e. The molecule has 6 heteroatoms. The van der Waals surface area contributed by atoms with Gasteiger partial charge >= 0.3 is 12.0 Å². The molecule has 2 N–H and O–H groups in total. The van der Waals surface area contributed by atoms with Gasteiger partial charge in [0.1, 0.15) is 0 Å². The average Bonchev–Trinajstić information content (AvgIpc) is 2.98. The maximum Gasteiger partial charge on any atom is 0.317 e. The molecule has 1 heterocycles. The molecule has 1 aromatic carbocycles. The van der Waals surface area contributed by atoms with Crippen molar-refractivity contribution in [3.05, 3.63) is 34.3 Å². The topological polar surface area (TPSA) is 69.6 Å². The van der Waals surface area contributed by atoms with Gasteiger partial charge in [0.05, 0.1) is 5.92 Å². The summed E-state index contributed by atoms with van der Waals surface area (Å²) in [6.07, 6.45) is 3.87. The molecule has 1 unspecified atom stereocenters. The molecular weight excluding hydrogens is 360 g/mol. The summed E-state index contributed by atoms with van der Waals surface area (Å²) in [5, 5.41) is 12.1. The van der Waals surface area contributed by atoms with Crippen LogP contribution in [-0.4, -0.2) is 41.6 Å². The Morgan fingerprint density at radius 1 is 1.30 bits per heavy atom. The average molecular weight is 381 g/mol. The number of amides is 2. The van der Waals surface area contributed by atoms with Crippen LogP contribution in [0.25, 0.3) is 0 Å². The maximum atomic E-state index is 12.3. The summed E-state index contributed by atoms with van der Waals surface area (Å²) in [6.45, 7) is 1.45. The zero-order chi connectivity index (χ0) is 16.4. The van der Waals surface area contributed by atoms with Crippen LogP contribution >= 0.6 is 15.9 Å². The molecule has 23 heavy (non-hydrogen) atoms. The second-order valence-electron chi connectivity index (χ2n) is 6.57. The Morgan fingerprint density at radius 2 is 2.00 bits per heavy atom. The van der Waals surface area contributed by atoms with Gasteiger partial charge in [0, 0.05) is 29.5 Å². The van der Waals surface area contributed by atoms with Crippen LogP contribution in [0.3, 0.4) is 0 Å². The molecular formula is C17H21BrN2O3. The van der Waals surface area contributed by atoms with Crippen LogP contribution in [0.1, 0.15) is 31.2 Å². The Morgan fingerprint density at radius 3 is 2.52 bits per heavy atom. The van der Waals surface area contributed by atoms with E-state index in [9.17, 15) is 9.59 Å². The van der Waals surface area contributed by atoms with Gasteiger partial charge in [0.15, 0.2) is 0 Å². The van der Waals surface area contributed by atoms with Crippen LogP contribution in [0.2, 0.25) is 0 Å². The van der Waals surface area contributed by atoms with Crippen LogP contribution in [0.5, 0.6) is 0 Å². The first kappa shape index (κ1) is 16.3. The quantitative estimate of drug-likeness (QED) is 0.843. The summed E-state index contributed by atoms with van der Waals surface area (Å²) in [6, 6.07) is 8.17. The SMILES string of the molecule is O=C(O)C1CCN(C(=O)NCC2(c3ccc(Br)cc3)CCC2)C1. The van der Waals surface area contributed by atoms with Gasteiger partial charge in [-0.1, -0.05) is 34.5 Å². The molecule has 1 aromatic rings. The lowest BCUT2D eigenvalue weighted by Gasteiger charge is -2.43. The van der Waals surface area contributed by atoms with Crippen molar-refractivity contribution < 1.29 is 14.7 Å². The number of hydrogen-bond acceptors (Lipinski definition) is 2. The summed E-state index contributed by atoms with van der Waals surface area (Å²) >= 11 is 3.45. The predicted octanol–water partition coefficient (Wildman–Crippen LogP) is 2.99. The third kappa shape index (κ3) is 3.37. The van der Waals surface area contributed by atoms with Gasteiger partial charge in [0.2, 0.25) is 0 Å². The number of urea groups is 1. The summed E-state index contributed by atoms with van der Waals surface area (Å²) in [5.74, 6) is -1.24. The van der Waals surface area contributed by atoms with E-state index in [1.54, 1.807) is 4.90 Å². The van der Waals surface area contributed by atoms with E-state index in [2.05, 4.69) is 33.4 Å². The fourth-order valence-electron chi connectivity index (χ4n) is 3.48.